The second-order valence-corrected chi connectivity index (χ2v) is 4.05. The molecule has 1 aromatic rings. The molecule has 0 saturated carbocycles. The Kier molecular flexibility index (Phi) is 5.02. The number of aromatic hydroxyl groups is 1. The Morgan fingerprint density at radius 1 is 1.53 bits per heavy atom. The molecule has 0 aromatic heterocycles. The molecule has 1 amide bonds. The van der Waals surface area contributed by atoms with Crippen LogP contribution in [0.15, 0.2) is 12.1 Å². The van der Waals surface area contributed by atoms with Crippen molar-refractivity contribution in [3.63, 3.8) is 0 Å². The number of rotatable bonds is 4. The molecule has 1 unspecified atom stereocenters. The Hall–Kier alpha value is -1.01. The quantitative estimate of drug-likeness (QED) is 0.731. The van der Waals surface area contributed by atoms with E-state index in [1.165, 1.54) is 19.2 Å². The number of amides is 1. The summed E-state index contributed by atoms with van der Waals surface area (Å²) < 4.78 is 4.87. The fraction of sp³-hybridized carbons (Fsp3) is 0.300. The number of halogens is 2. The average molecular weight is 279 g/mol. The van der Waals surface area contributed by atoms with Crippen LogP contribution in [0.25, 0.3) is 0 Å². The number of methoxy groups -OCH3 is 1. The lowest BCUT2D eigenvalue weighted by Gasteiger charge is -2.13. The van der Waals surface area contributed by atoms with Crippen molar-refractivity contribution >= 4 is 34.8 Å². The van der Waals surface area contributed by atoms with E-state index in [1.54, 1.807) is 0 Å². The minimum absolute atomic E-state index is 0.0505. The fourth-order valence-electron chi connectivity index (χ4n) is 1.17. The fourth-order valence-corrected chi connectivity index (χ4v) is 1.66. The number of phenolic OH excluding ortho intramolecular Hbond substituents is 1. The van der Waals surface area contributed by atoms with Crippen LogP contribution in [0, 0.1) is 0 Å². The van der Waals surface area contributed by atoms with Crippen LogP contribution in [-0.4, -0.2) is 30.8 Å². The zero-order valence-electron chi connectivity index (χ0n) is 9.04. The SMILES string of the molecule is COC(CN)C(=O)Nc1cc(Cl)c(O)c(Cl)c1. The summed E-state index contributed by atoms with van der Waals surface area (Å²) in [5.74, 6) is -0.638. The van der Waals surface area contributed by atoms with Gasteiger partial charge in [0.1, 0.15) is 6.10 Å². The molecular formula is C10H12Cl2N2O3. The van der Waals surface area contributed by atoms with Crippen LogP contribution >= 0.6 is 23.2 Å². The molecule has 4 N–H and O–H groups in total. The number of hydrogen-bond donors (Lipinski definition) is 3. The van der Waals surface area contributed by atoms with Crippen LogP contribution in [0.1, 0.15) is 0 Å². The van der Waals surface area contributed by atoms with E-state index in [2.05, 4.69) is 5.32 Å². The van der Waals surface area contributed by atoms with Gasteiger partial charge in [0.05, 0.1) is 10.0 Å². The molecule has 7 heteroatoms. The van der Waals surface area contributed by atoms with Gasteiger partial charge in [0.15, 0.2) is 5.75 Å². The summed E-state index contributed by atoms with van der Waals surface area (Å²) in [4.78, 5) is 11.6. The van der Waals surface area contributed by atoms with Crippen LogP contribution in [0.2, 0.25) is 10.0 Å². The van der Waals surface area contributed by atoms with Crippen molar-refractivity contribution in [1.29, 1.82) is 0 Å². The predicted molar refractivity (Wildman–Crippen MR) is 66.6 cm³/mol. The maximum atomic E-state index is 11.6. The smallest absolute Gasteiger partial charge is 0.254 e. The Morgan fingerprint density at radius 2 is 2.06 bits per heavy atom. The summed E-state index contributed by atoms with van der Waals surface area (Å²) in [6.07, 6.45) is -0.749. The monoisotopic (exact) mass is 278 g/mol. The van der Waals surface area contributed by atoms with Crippen LogP contribution in [0.5, 0.6) is 5.75 Å². The first kappa shape index (κ1) is 14.1. The van der Waals surface area contributed by atoms with Gasteiger partial charge in [-0.05, 0) is 12.1 Å². The number of carbonyl (C=O) groups excluding carboxylic acids is 1. The molecule has 1 aromatic carbocycles. The summed E-state index contributed by atoms with van der Waals surface area (Å²) in [7, 11) is 1.38. The molecule has 94 valence electrons. The zero-order valence-corrected chi connectivity index (χ0v) is 10.5. The van der Waals surface area contributed by atoms with Gasteiger partial charge < -0.3 is 20.9 Å². The number of hydrogen-bond acceptors (Lipinski definition) is 4. The van der Waals surface area contributed by atoms with Gasteiger partial charge in [0.2, 0.25) is 0 Å². The van der Waals surface area contributed by atoms with Crippen molar-refractivity contribution in [2.75, 3.05) is 19.0 Å². The third-order valence-corrected chi connectivity index (χ3v) is 2.65. The molecule has 0 aliphatic rings. The van der Waals surface area contributed by atoms with Crippen molar-refractivity contribution in [3.8, 4) is 5.75 Å². The van der Waals surface area contributed by atoms with Crippen LogP contribution in [0.4, 0.5) is 5.69 Å². The Bertz CT molecular complexity index is 399. The van der Waals surface area contributed by atoms with Gasteiger partial charge in [-0.3, -0.25) is 4.79 Å². The highest BCUT2D eigenvalue weighted by molar-refractivity contribution is 6.37. The number of phenols is 1. The van der Waals surface area contributed by atoms with E-state index in [0.717, 1.165) is 0 Å². The maximum Gasteiger partial charge on any atom is 0.254 e. The van der Waals surface area contributed by atoms with Crippen LogP contribution in [-0.2, 0) is 9.53 Å². The number of nitrogens with one attached hydrogen (secondary N) is 1. The van der Waals surface area contributed by atoms with Crippen molar-refractivity contribution < 1.29 is 14.6 Å². The largest absolute Gasteiger partial charge is 0.505 e. The number of nitrogens with two attached hydrogens (primary N) is 1. The number of anilines is 1. The molecule has 1 atom stereocenters. The van der Waals surface area contributed by atoms with Crippen LogP contribution in [0.3, 0.4) is 0 Å². The van der Waals surface area contributed by atoms with Gasteiger partial charge in [-0.2, -0.15) is 0 Å². The zero-order chi connectivity index (χ0) is 13.0. The highest BCUT2D eigenvalue weighted by atomic mass is 35.5. The van der Waals surface area contributed by atoms with Crippen LogP contribution < -0.4 is 11.1 Å². The van der Waals surface area contributed by atoms with E-state index in [4.69, 9.17) is 33.7 Å². The first-order valence-corrected chi connectivity index (χ1v) is 5.47. The van der Waals surface area contributed by atoms with Crippen molar-refractivity contribution in [3.05, 3.63) is 22.2 Å². The van der Waals surface area contributed by atoms with Crippen molar-refractivity contribution in [2.45, 2.75) is 6.10 Å². The normalized spacial score (nSPS) is 12.2. The number of ether oxygens (including phenoxy) is 1. The van der Waals surface area contributed by atoms with Gasteiger partial charge in [-0.1, -0.05) is 23.2 Å². The van der Waals surface area contributed by atoms with E-state index >= 15 is 0 Å². The molecule has 17 heavy (non-hydrogen) atoms. The summed E-state index contributed by atoms with van der Waals surface area (Å²) >= 11 is 11.4. The molecule has 0 spiro atoms. The summed E-state index contributed by atoms with van der Waals surface area (Å²) in [6.45, 7) is 0.0574. The minimum atomic E-state index is -0.749. The van der Waals surface area contributed by atoms with E-state index < -0.39 is 12.0 Å². The molecule has 0 saturated heterocycles. The van der Waals surface area contributed by atoms with E-state index in [9.17, 15) is 9.90 Å². The Balaban J connectivity index is 2.85. The second-order valence-electron chi connectivity index (χ2n) is 3.24. The van der Waals surface area contributed by atoms with Gasteiger partial charge >= 0.3 is 0 Å². The topological polar surface area (TPSA) is 84.6 Å². The summed E-state index contributed by atoms with van der Waals surface area (Å²) in [6, 6.07) is 2.76. The third kappa shape index (κ3) is 3.47. The van der Waals surface area contributed by atoms with E-state index in [-0.39, 0.29) is 22.3 Å². The summed E-state index contributed by atoms with van der Waals surface area (Å²) in [5, 5.41) is 12.0. The molecule has 0 heterocycles. The van der Waals surface area contributed by atoms with Gasteiger partial charge in [-0.15, -0.1) is 0 Å². The molecule has 0 aliphatic heterocycles. The molecule has 0 aliphatic carbocycles. The lowest BCUT2D eigenvalue weighted by molar-refractivity contribution is -0.125. The first-order valence-electron chi connectivity index (χ1n) is 4.71. The highest BCUT2D eigenvalue weighted by Crippen LogP contribution is 2.34. The van der Waals surface area contributed by atoms with Gasteiger partial charge in [-0.25, -0.2) is 0 Å². The van der Waals surface area contributed by atoms with Crippen molar-refractivity contribution in [1.82, 2.24) is 0 Å². The van der Waals surface area contributed by atoms with Gasteiger partial charge in [0.25, 0.3) is 5.91 Å². The second kappa shape index (κ2) is 6.07. The molecule has 0 fully saturated rings. The molecular weight excluding hydrogens is 267 g/mol. The average Bonchev–Trinajstić information content (AvgIpc) is 2.27. The minimum Gasteiger partial charge on any atom is -0.505 e. The molecule has 5 nitrogen and oxygen atoms in total. The predicted octanol–water partition coefficient (Wildman–Crippen LogP) is 1.61. The Morgan fingerprint density at radius 3 is 2.47 bits per heavy atom. The maximum absolute atomic E-state index is 11.6. The lowest BCUT2D eigenvalue weighted by Crippen LogP contribution is -2.35. The Labute approximate surface area is 108 Å². The van der Waals surface area contributed by atoms with E-state index in [1.807, 2.05) is 0 Å². The molecule has 0 bridgehead atoms. The third-order valence-electron chi connectivity index (χ3n) is 2.08. The summed E-state index contributed by atoms with van der Waals surface area (Å²) in [5.41, 5.74) is 5.70. The lowest BCUT2D eigenvalue weighted by atomic mass is 10.2. The standard InChI is InChI=1S/C10H12Cl2N2O3/c1-17-8(4-13)10(16)14-5-2-6(11)9(15)7(12)3-5/h2-3,8,15H,4,13H2,1H3,(H,14,16). The van der Waals surface area contributed by atoms with Crippen molar-refractivity contribution in [2.24, 2.45) is 5.73 Å². The van der Waals surface area contributed by atoms with Gasteiger partial charge in [0, 0.05) is 19.3 Å². The van der Waals surface area contributed by atoms with E-state index in [0.29, 0.717) is 5.69 Å². The highest BCUT2D eigenvalue weighted by Gasteiger charge is 2.16. The number of benzene rings is 1. The first-order chi connectivity index (χ1) is 7.99. The molecule has 1 rings (SSSR count). The number of carbonyl (C=O) groups is 1. The molecule has 0 radical (unpaired) electrons.